The van der Waals surface area contributed by atoms with Gasteiger partial charge in [-0.1, -0.05) is 24.3 Å². The van der Waals surface area contributed by atoms with Gasteiger partial charge in [-0.05, 0) is 166 Å². The zero-order valence-electron chi connectivity index (χ0n) is 39.5. The van der Waals surface area contributed by atoms with E-state index in [9.17, 15) is 4.79 Å². The van der Waals surface area contributed by atoms with Crippen molar-refractivity contribution < 1.29 is 9.53 Å². The maximum Gasteiger partial charge on any atom is 0.410 e. The van der Waals surface area contributed by atoms with Crippen LogP contribution in [0.4, 0.5) is 16.2 Å². The van der Waals surface area contributed by atoms with E-state index in [-0.39, 0.29) is 11.5 Å². The van der Waals surface area contributed by atoms with Gasteiger partial charge in [-0.25, -0.2) is 4.79 Å². The fourth-order valence-electron chi connectivity index (χ4n) is 11.4. The Balaban J connectivity index is 0.000000151. The Hall–Kier alpha value is -6.53. The summed E-state index contributed by atoms with van der Waals surface area (Å²) in [5, 5.41) is 13.7. The fourth-order valence-corrected chi connectivity index (χ4v) is 11.4. The zero-order chi connectivity index (χ0) is 45.9. The standard InChI is InChI=1S/C30H35N5O2.C25H27N5/c1-29(2,3)37-28(36)35-15-10-30(11-16-35)9-7-26(30)33-22-18-23(27-24(19-22)31-12-13-32-27)21-6-5-20-8-14-34(4)25(20)17-21;1-30-13-5-17-2-3-18(14-22(17)30)20-15-19(16-21-24(20)28-12-11-27-21)29-23-4-6-25(23)7-9-26-10-8-25/h5-6,8,12-14,17-19,26,33H,7,9-11,15-16H2,1-4H3;2-3,5,11-16,23,26,29H,4,6-10H2,1H3. The second-order valence-electron chi connectivity index (χ2n) is 20.7. The van der Waals surface area contributed by atoms with Crippen molar-refractivity contribution in [2.45, 2.75) is 89.8 Å². The number of carbonyl (C=O) groups is 1. The molecule has 2 unspecified atom stereocenters. The number of piperidine rings is 2. The van der Waals surface area contributed by atoms with E-state index in [1.807, 2.05) is 25.7 Å². The Kier molecular flexibility index (Phi) is 10.9. The van der Waals surface area contributed by atoms with Crippen LogP contribution < -0.4 is 16.0 Å². The van der Waals surface area contributed by atoms with Gasteiger partial charge in [0.1, 0.15) is 5.60 Å². The van der Waals surface area contributed by atoms with Crippen molar-refractivity contribution in [1.82, 2.24) is 39.3 Å². The van der Waals surface area contributed by atoms with Gasteiger partial charge in [0.25, 0.3) is 0 Å². The molecule has 1 amide bonds. The third-order valence-electron chi connectivity index (χ3n) is 15.6. The molecule has 2 atom stereocenters. The number of fused-ring (bicyclic) bond motifs is 4. The Morgan fingerprint density at radius 2 is 1.10 bits per heavy atom. The maximum atomic E-state index is 12.6. The molecule has 4 aromatic carbocycles. The van der Waals surface area contributed by atoms with Crippen LogP contribution in [0.1, 0.15) is 72.1 Å². The van der Waals surface area contributed by atoms with Crippen LogP contribution in [-0.4, -0.2) is 83.9 Å². The second kappa shape index (κ2) is 17.0. The molecule has 2 aliphatic carbocycles. The Bertz CT molecular complexity index is 3130. The van der Waals surface area contributed by atoms with Crippen LogP contribution in [0.15, 0.2) is 110 Å². The average Bonchev–Trinajstić information content (AvgIpc) is 3.91. The summed E-state index contributed by atoms with van der Waals surface area (Å²) in [6, 6.07) is 27.3. The number of aromatic nitrogens is 6. The number of amides is 1. The lowest BCUT2D eigenvalue weighted by Gasteiger charge is -2.54. The lowest BCUT2D eigenvalue weighted by atomic mass is 9.59. The predicted molar refractivity (Wildman–Crippen MR) is 270 cm³/mol. The largest absolute Gasteiger partial charge is 0.444 e. The van der Waals surface area contributed by atoms with Gasteiger partial charge in [-0.3, -0.25) is 19.9 Å². The summed E-state index contributed by atoms with van der Waals surface area (Å²) in [5.41, 5.74) is 13.1. The predicted octanol–water partition coefficient (Wildman–Crippen LogP) is 11.1. The number of nitrogens with zero attached hydrogens (tertiary/aromatic N) is 7. The number of ether oxygens (including phenoxy) is 1. The summed E-state index contributed by atoms with van der Waals surface area (Å²) in [5.74, 6) is 0. The molecule has 0 bridgehead atoms. The summed E-state index contributed by atoms with van der Waals surface area (Å²) in [4.78, 5) is 33.1. The Morgan fingerprint density at radius 1 is 0.627 bits per heavy atom. The molecule has 4 fully saturated rings. The van der Waals surface area contributed by atoms with Crippen molar-refractivity contribution in [2.24, 2.45) is 24.9 Å². The minimum absolute atomic E-state index is 0.195. The minimum atomic E-state index is -0.464. The van der Waals surface area contributed by atoms with Crippen molar-refractivity contribution in [3.05, 3.63) is 110 Å². The molecular weight excluding hydrogens is 833 g/mol. The minimum Gasteiger partial charge on any atom is -0.444 e. The van der Waals surface area contributed by atoms with Gasteiger partial charge in [0.2, 0.25) is 0 Å². The first-order valence-corrected chi connectivity index (χ1v) is 24.2. The first-order valence-electron chi connectivity index (χ1n) is 24.2. The maximum absolute atomic E-state index is 12.6. The number of anilines is 2. The highest BCUT2D eigenvalue weighted by Crippen LogP contribution is 2.51. The van der Waals surface area contributed by atoms with Crippen molar-refractivity contribution in [2.75, 3.05) is 36.8 Å². The number of aryl methyl sites for hydroxylation is 2. The summed E-state index contributed by atoms with van der Waals surface area (Å²) in [7, 11) is 4.17. The summed E-state index contributed by atoms with van der Waals surface area (Å²) in [6.07, 6.45) is 20.6. The molecule has 3 N–H and O–H groups in total. The molecule has 6 heterocycles. The molecule has 12 nitrogen and oxygen atoms in total. The van der Waals surface area contributed by atoms with E-state index in [4.69, 9.17) is 4.74 Å². The SMILES string of the molecule is Cn1ccc2ccc(-c3cc(NC4CCC45CCN(C(=O)OC(C)(C)C)CC5)cc4nccnc34)cc21.Cn1ccc2ccc(-c3cc(NC4CCC45CCNCC5)cc4nccnc34)cc21. The first kappa shape index (κ1) is 43.1. The van der Waals surface area contributed by atoms with Gasteiger partial charge in [0.05, 0.1) is 22.1 Å². The van der Waals surface area contributed by atoms with Crippen molar-refractivity contribution in [1.29, 1.82) is 0 Å². The molecule has 4 aliphatic rings. The van der Waals surface area contributed by atoms with Gasteiger partial charge in [0.15, 0.2) is 0 Å². The zero-order valence-corrected chi connectivity index (χ0v) is 39.5. The van der Waals surface area contributed by atoms with E-state index in [0.29, 0.717) is 17.5 Å². The number of nitrogens with one attached hydrogen (secondary N) is 3. The highest BCUT2D eigenvalue weighted by Gasteiger charge is 2.49. The first-order chi connectivity index (χ1) is 32.4. The third-order valence-corrected chi connectivity index (χ3v) is 15.6. The molecule has 4 aromatic heterocycles. The molecule has 12 heteroatoms. The number of rotatable bonds is 6. The molecule has 8 aromatic rings. The number of hydrogen-bond acceptors (Lipinski definition) is 9. The van der Waals surface area contributed by atoms with E-state index in [2.05, 4.69) is 144 Å². The second-order valence-corrected chi connectivity index (χ2v) is 20.7. The Morgan fingerprint density at radius 3 is 1.57 bits per heavy atom. The number of likely N-dealkylation sites (tertiary alicyclic amines) is 1. The van der Waals surface area contributed by atoms with Crippen LogP contribution in [0.25, 0.3) is 66.1 Å². The lowest BCUT2D eigenvalue weighted by molar-refractivity contribution is -0.0109. The number of hydrogen-bond donors (Lipinski definition) is 3. The van der Waals surface area contributed by atoms with Crippen molar-refractivity contribution in [3.63, 3.8) is 0 Å². The summed E-state index contributed by atoms with van der Waals surface area (Å²) in [6.45, 7) is 9.54. The van der Waals surface area contributed by atoms with Gasteiger partial charge in [-0.2, -0.15) is 0 Å². The van der Waals surface area contributed by atoms with Crippen LogP contribution in [0.3, 0.4) is 0 Å². The molecule has 12 rings (SSSR count). The molecule has 2 aliphatic heterocycles. The summed E-state index contributed by atoms with van der Waals surface area (Å²) < 4.78 is 9.92. The van der Waals surface area contributed by atoms with Gasteiger partial charge in [0, 0.05) is 110 Å². The van der Waals surface area contributed by atoms with Crippen molar-refractivity contribution >= 4 is 61.3 Å². The van der Waals surface area contributed by atoms with Crippen LogP contribution in [0.2, 0.25) is 0 Å². The monoisotopic (exact) mass is 895 g/mol. The molecule has 2 spiro atoms. The van der Waals surface area contributed by atoms with Crippen LogP contribution >= 0.6 is 0 Å². The van der Waals surface area contributed by atoms with E-state index in [0.717, 1.165) is 95.6 Å². The molecule has 344 valence electrons. The quantitative estimate of drug-likeness (QED) is 0.149. The fraction of sp³-hybridized carbons (Fsp3) is 0.400. The van der Waals surface area contributed by atoms with Crippen LogP contribution in [-0.2, 0) is 18.8 Å². The van der Waals surface area contributed by atoms with Crippen LogP contribution in [0, 0.1) is 10.8 Å². The van der Waals surface area contributed by atoms with Gasteiger partial charge in [-0.15, -0.1) is 0 Å². The number of carbonyl (C=O) groups excluding carboxylic acids is 1. The van der Waals surface area contributed by atoms with E-state index in [1.54, 1.807) is 24.8 Å². The van der Waals surface area contributed by atoms with Gasteiger partial charge >= 0.3 is 6.09 Å². The molecule has 67 heavy (non-hydrogen) atoms. The average molecular weight is 895 g/mol. The molecule has 0 radical (unpaired) electrons. The normalized spacial score (nSPS) is 19.8. The topological polar surface area (TPSA) is 127 Å². The summed E-state index contributed by atoms with van der Waals surface area (Å²) >= 11 is 0. The van der Waals surface area contributed by atoms with Crippen molar-refractivity contribution in [3.8, 4) is 22.3 Å². The highest BCUT2D eigenvalue weighted by molar-refractivity contribution is 5.98. The van der Waals surface area contributed by atoms with Crippen LogP contribution in [0.5, 0.6) is 0 Å². The molecule has 2 saturated carbocycles. The van der Waals surface area contributed by atoms with E-state index < -0.39 is 5.60 Å². The highest BCUT2D eigenvalue weighted by atomic mass is 16.6. The Labute approximate surface area is 392 Å². The van der Waals surface area contributed by atoms with E-state index in [1.165, 1.54) is 59.5 Å². The van der Waals surface area contributed by atoms with E-state index >= 15 is 0 Å². The number of benzene rings is 4. The third kappa shape index (κ3) is 8.23. The lowest BCUT2D eigenvalue weighted by Crippen LogP contribution is -2.56. The molecule has 2 saturated heterocycles. The van der Waals surface area contributed by atoms with Gasteiger partial charge < -0.3 is 34.7 Å². The molecular formula is C55H62N10O2. The smallest absolute Gasteiger partial charge is 0.410 e.